The first kappa shape index (κ1) is 15.4. The summed E-state index contributed by atoms with van der Waals surface area (Å²) in [6.07, 6.45) is 7.17. The van der Waals surface area contributed by atoms with Gasteiger partial charge in [0.1, 0.15) is 11.6 Å². The minimum absolute atomic E-state index is 0.0491. The Morgan fingerprint density at radius 3 is 2.83 bits per heavy atom. The lowest BCUT2D eigenvalue weighted by atomic mass is 9.96. The van der Waals surface area contributed by atoms with Crippen molar-refractivity contribution in [2.45, 2.75) is 19.8 Å². The number of rotatable bonds is 4. The highest BCUT2D eigenvalue weighted by molar-refractivity contribution is 5.93. The summed E-state index contributed by atoms with van der Waals surface area (Å²) in [4.78, 5) is 26.9. The van der Waals surface area contributed by atoms with Gasteiger partial charge in [-0.3, -0.25) is 9.78 Å². The maximum absolute atomic E-state index is 12.0. The zero-order chi connectivity index (χ0) is 16.1. The average molecular weight is 311 g/mol. The van der Waals surface area contributed by atoms with E-state index in [1.165, 1.54) is 0 Å². The summed E-state index contributed by atoms with van der Waals surface area (Å²) in [5.74, 6) is 2.26. The largest absolute Gasteiger partial charge is 0.356 e. The molecular weight excluding hydrogens is 290 g/mol. The van der Waals surface area contributed by atoms with Crippen LogP contribution in [0, 0.1) is 12.8 Å². The fourth-order valence-corrected chi connectivity index (χ4v) is 2.82. The van der Waals surface area contributed by atoms with Crippen LogP contribution in [0.5, 0.6) is 0 Å². The van der Waals surface area contributed by atoms with Gasteiger partial charge in [-0.15, -0.1) is 0 Å². The van der Waals surface area contributed by atoms with Gasteiger partial charge in [0.15, 0.2) is 0 Å². The molecule has 0 radical (unpaired) electrons. The van der Waals surface area contributed by atoms with Crippen LogP contribution in [-0.2, 0) is 0 Å². The van der Waals surface area contributed by atoms with Crippen LogP contribution in [-0.4, -0.2) is 40.5 Å². The topological polar surface area (TPSA) is 71.0 Å². The van der Waals surface area contributed by atoms with Crippen molar-refractivity contribution in [2.24, 2.45) is 5.92 Å². The number of hydrogen-bond acceptors (Lipinski definition) is 5. The number of piperidine rings is 1. The molecule has 2 aromatic heterocycles. The number of hydrogen-bond donors (Lipinski definition) is 1. The zero-order valence-corrected chi connectivity index (χ0v) is 13.3. The van der Waals surface area contributed by atoms with Gasteiger partial charge in [0.2, 0.25) is 0 Å². The quantitative estimate of drug-likeness (QED) is 0.932. The lowest BCUT2D eigenvalue weighted by Gasteiger charge is -2.32. The van der Waals surface area contributed by atoms with Gasteiger partial charge in [-0.2, -0.15) is 0 Å². The Kier molecular flexibility index (Phi) is 4.80. The van der Waals surface area contributed by atoms with Crippen molar-refractivity contribution in [3.63, 3.8) is 0 Å². The average Bonchev–Trinajstić information content (AvgIpc) is 2.61. The van der Waals surface area contributed by atoms with Gasteiger partial charge in [-0.25, -0.2) is 9.97 Å². The Labute approximate surface area is 136 Å². The molecule has 1 N–H and O–H groups in total. The highest BCUT2D eigenvalue weighted by Crippen LogP contribution is 2.21. The molecule has 3 heterocycles. The van der Waals surface area contributed by atoms with Gasteiger partial charge in [0.05, 0.1) is 5.56 Å². The summed E-state index contributed by atoms with van der Waals surface area (Å²) in [5, 5.41) is 3.01. The molecule has 23 heavy (non-hydrogen) atoms. The summed E-state index contributed by atoms with van der Waals surface area (Å²) in [6.45, 7) is 4.54. The van der Waals surface area contributed by atoms with Crippen molar-refractivity contribution in [1.29, 1.82) is 0 Å². The normalized spacial score (nSPS) is 15.4. The number of aromatic nitrogens is 3. The van der Waals surface area contributed by atoms with Crippen molar-refractivity contribution in [3.05, 3.63) is 48.2 Å². The summed E-state index contributed by atoms with van der Waals surface area (Å²) in [6, 6.07) is 5.51. The molecule has 120 valence electrons. The predicted octanol–water partition coefficient (Wildman–Crippen LogP) is 1.83. The second-order valence-electron chi connectivity index (χ2n) is 5.84. The van der Waals surface area contributed by atoms with Gasteiger partial charge in [-0.1, -0.05) is 0 Å². The van der Waals surface area contributed by atoms with E-state index < -0.39 is 0 Å². The predicted molar refractivity (Wildman–Crippen MR) is 88.3 cm³/mol. The molecule has 0 saturated carbocycles. The van der Waals surface area contributed by atoms with E-state index in [4.69, 9.17) is 0 Å². The summed E-state index contributed by atoms with van der Waals surface area (Å²) in [5.41, 5.74) is 0.612. The molecule has 1 aliphatic heterocycles. The molecule has 0 atom stereocenters. The zero-order valence-electron chi connectivity index (χ0n) is 13.3. The molecule has 1 aliphatic rings. The number of carbonyl (C=O) groups excluding carboxylic acids is 1. The molecule has 0 spiro atoms. The van der Waals surface area contributed by atoms with Crippen LogP contribution in [0.15, 0.2) is 36.8 Å². The van der Waals surface area contributed by atoms with E-state index in [1.807, 2.05) is 13.0 Å². The highest BCUT2D eigenvalue weighted by atomic mass is 16.1. The van der Waals surface area contributed by atoms with E-state index in [0.29, 0.717) is 18.0 Å². The molecular formula is C17H21N5O. The van der Waals surface area contributed by atoms with Gasteiger partial charge in [0.25, 0.3) is 5.91 Å². The Morgan fingerprint density at radius 2 is 2.13 bits per heavy atom. The molecule has 6 nitrogen and oxygen atoms in total. The lowest BCUT2D eigenvalue weighted by Crippen LogP contribution is -2.39. The monoisotopic (exact) mass is 311 g/mol. The van der Waals surface area contributed by atoms with Crippen LogP contribution in [0.3, 0.4) is 0 Å². The molecule has 6 heteroatoms. The van der Waals surface area contributed by atoms with E-state index in [-0.39, 0.29) is 5.91 Å². The van der Waals surface area contributed by atoms with Crippen LogP contribution >= 0.6 is 0 Å². The fraction of sp³-hybridized carbons (Fsp3) is 0.412. The van der Waals surface area contributed by atoms with Crippen LogP contribution in [0.1, 0.15) is 29.0 Å². The molecule has 1 amide bonds. The van der Waals surface area contributed by atoms with Gasteiger partial charge in [0, 0.05) is 38.2 Å². The number of nitrogens with zero attached hydrogens (tertiary/aromatic N) is 4. The second-order valence-corrected chi connectivity index (χ2v) is 5.84. The SMILES string of the molecule is Cc1nccc(N2CCC(CNC(=O)c3cccnc3)CC2)n1. The molecule has 0 aromatic carbocycles. The number of nitrogens with one attached hydrogen (secondary N) is 1. The van der Waals surface area contributed by atoms with E-state index in [2.05, 4.69) is 25.2 Å². The van der Waals surface area contributed by atoms with Crippen molar-refractivity contribution in [2.75, 3.05) is 24.5 Å². The van der Waals surface area contributed by atoms with Gasteiger partial charge < -0.3 is 10.2 Å². The third-order valence-corrected chi connectivity index (χ3v) is 4.17. The number of anilines is 1. The molecule has 0 unspecified atom stereocenters. The number of pyridine rings is 1. The molecule has 2 aromatic rings. The first-order valence-electron chi connectivity index (χ1n) is 7.95. The van der Waals surface area contributed by atoms with Gasteiger partial charge >= 0.3 is 0 Å². The summed E-state index contributed by atoms with van der Waals surface area (Å²) >= 11 is 0. The van der Waals surface area contributed by atoms with E-state index in [0.717, 1.165) is 37.6 Å². The van der Waals surface area contributed by atoms with Gasteiger partial charge in [-0.05, 0) is 43.9 Å². The Morgan fingerprint density at radius 1 is 1.30 bits per heavy atom. The molecule has 1 fully saturated rings. The first-order chi connectivity index (χ1) is 11.2. The number of carbonyl (C=O) groups is 1. The minimum Gasteiger partial charge on any atom is -0.356 e. The molecule has 0 bridgehead atoms. The standard InChI is InChI=1S/C17H21N5O/c1-13-19-8-4-16(21-13)22-9-5-14(6-10-22)11-20-17(23)15-3-2-7-18-12-15/h2-4,7-8,12,14H,5-6,9-11H2,1H3,(H,20,23). The van der Waals surface area contributed by atoms with Crippen LogP contribution in [0.4, 0.5) is 5.82 Å². The lowest BCUT2D eigenvalue weighted by molar-refractivity contribution is 0.0944. The minimum atomic E-state index is -0.0491. The molecule has 1 saturated heterocycles. The second kappa shape index (κ2) is 7.17. The van der Waals surface area contributed by atoms with Crippen LogP contribution in [0.25, 0.3) is 0 Å². The third-order valence-electron chi connectivity index (χ3n) is 4.17. The number of aryl methyl sites for hydroxylation is 1. The van der Waals surface area contributed by atoms with Crippen molar-refractivity contribution >= 4 is 11.7 Å². The van der Waals surface area contributed by atoms with Crippen LogP contribution < -0.4 is 10.2 Å². The van der Waals surface area contributed by atoms with Crippen molar-refractivity contribution in [1.82, 2.24) is 20.3 Å². The maximum atomic E-state index is 12.0. The van der Waals surface area contributed by atoms with Crippen LogP contribution in [0.2, 0.25) is 0 Å². The van der Waals surface area contributed by atoms with E-state index >= 15 is 0 Å². The Balaban J connectivity index is 1.47. The smallest absolute Gasteiger partial charge is 0.252 e. The first-order valence-corrected chi connectivity index (χ1v) is 7.95. The highest BCUT2D eigenvalue weighted by Gasteiger charge is 2.21. The third kappa shape index (κ3) is 4.03. The summed E-state index contributed by atoms with van der Waals surface area (Å²) < 4.78 is 0. The molecule has 0 aliphatic carbocycles. The van der Waals surface area contributed by atoms with E-state index in [9.17, 15) is 4.79 Å². The summed E-state index contributed by atoms with van der Waals surface area (Å²) in [7, 11) is 0. The van der Waals surface area contributed by atoms with Crippen molar-refractivity contribution in [3.8, 4) is 0 Å². The van der Waals surface area contributed by atoms with E-state index in [1.54, 1.807) is 30.7 Å². The van der Waals surface area contributed by atoms with Crippen molar-refractivity contribution < 1.29 is 4.79 Å². The molecule has 3 rings (SSSR count). The number of amides is 1. The Bertz CT molecular complexity index is 653. The maximum Gasteiger partial charge on any atom is 0.252 e. The Hall–Kier alpha value is -2.50. The fourth-order valence-electron chi connectivity index (χ4n) is 2.82.